The molecule has 4 aromatic rings. The van der Waals surface area contributed by atoms with Crippen LogP contribution in [0, 0.1) is 0 Å². The molecule has 9 heteroatoms. The fourth-order valence-corrected chi connectivity index (χ4v) is 4.53. The zero-order valence-electron chi connectivity index (χ0n) is 16.7. The molecule has 0 aliphatic heterocycles. The smallest absolute Gasteiger partial charge is 0.291 e. The summed E-state index contributed by atoms with van der Waals surface area (Å²) < 4.78 is 11.3. The van der Waals surface area contributed by atoms with Gasteiger partial charge in [-0.25, -0.2) is 4.98 Å². The van der Waals surface area contributed by atoms with Gasteiger partial charge in [0.05, 0.1) is 28.8 Å². The number of methoxy groups -OCH3 is 1. The van der Waals surface area contributed by atoms with Crippen molar-refractivity contribution in [3.8, 4) is 5.75 Å². The Morgan fingerprint density at radius 2 is 1.94 bits per heavy atom. The first-order valence-corrected chi connectivity index (χ1v) is 11.1. The summed E-state index contributed by atoms with van der Waals surface area (Å²) >= 11 is 2.83. The highest BCUT2D eigenvalue weighted by molar-refractivity contribution is 8.00. The van der Waals surface area contributed by atoms with E-state index >= 15 is 0 Å². The molecule has 0 fully saturated rings. The van der Waals surface area contributed by atoms with Crippen LogP contribution < -0.4 is 15.4 Å². The van der Waals surface area contributed by atoms with Gasteiger partial charge in [0.15, 0.2) is 10.9 Å². The average Bonchev–Trinajstić information content (AvgIpc) is 3.44. The molecule has 0 aliphatic rings. The summed E-state index contributed by atoms with van der Waals surface area (Å²) in [5.74, 6) is 0.552. The van der Waals surface area contributed by atoms with Crippen LogP contribution in [-0.2, 0) is 4.79 Å². The van der Waals surface area contributed by atoms with Gasteiger partial charge in [-0.05, 0) is 61.5 Å². The normalized spacial score (nSPS) is 11.8. The molecule has 0 saturated heterocycles. The van der Waals surface area contributed by atoms with Gasteiger partial charge in [-0.1, -0.05) is 11.3 Å². The molecule has 2 aromatic heterocycles. The minimum atomic E-state index is -0.329. The maximum Gasteiger partial charge on any atom is 0.291 e. The highest BCUT2D eigenvalue weighted by Gasteiger charge is 2.17. The van der Waals surface area contributed by atoms with Crippen LogP contribution in [0.1, 0.15) is 17.5 Å². The van der Waals surface area contributed by atoms with Gasteiger partial charge in [-0.2, -0.15) is 0 Å². The van der Waals surface area contributed by atoms with Gasteiger partial charge in [-0.15, -0.1) is 11.8 Å². The van der Waals surface area contributed by atoms with Crippen molar-refractivity contribution in [2.45, 2.75) is 17.1 Å². The third-order valence-corrected chi connectivity index (χ3v) is 6.41. The minimum absolute atomic E-state index is 0.133. The topological polar surface area (TPSA) is 93.5 Å². The number of aromatic nitrogens is 1. The number of amides is 2. The molecule has 0 radical (unpaired) electrons. The second-order valence-electron chi connectivity index (χ2n) is 6.56. The summed E-state index contributed by atoms with van der Waals surface area (Å²) in [6.07, 6.45) is 1.45. The largest absolute Gasteiger partial charge is 0.497 e. The molecular formula is C22H19N3O4S2. The van der Waals surface area contributed by atoms with E-state index in [4.69, 9.17) is 9.15 Å². The molecular weight excluding hydrogens is 434 g/mol. The van der Waals surface area contributed by atoms with Gasteiger partial charge >= 0.3 is 0 Å². The fraction of sp³-hybridized carbons (Fsp3) is 0.136. The summed E-state index contributed by atoms with van der Waals surface area (Å²) in [4.78, 5) is 30.0. The van der Waals surface area contributed by atoms with Crippen molar-refractivity contribution in [3.05, 3.63) is 66.6 Å². The van der Waals surface area contributed by atoms with Crippen LogP contribution in [0.2, 0.25) is 0 Å². The number of ether oxygens (including phenoxy) is 1. The summed E-state index contributed by atoms with van der Waals surface area (Å²) in [5.41, 5.74) is 1.46. The van der Waals surface area contributed by atoms with Crippen molar-refractivity contribution < 1.29 is 18.7 Å². The molecule has 2 aromatic carbocycles. The predicted molar refractivity (Wildman–Crippen MR) is 123 cm³/mol. The molecule has 2 N–H and O–H groups in total. The van der Waals surface area contributed by atoms with Gasteiger partial charge in [0.1, 0.15) is 5.75 Å². The number of carbonyl (C=O) groups is 2. The van der Waals surface area contributed by atoms with E-state index in [1.165, 1.54) is 29.4 Å². The van der Waals surface area contributed by atoms with Gasteiger partial charge in [0.2, 0.25) is 5.91 Å². The third kappa shape index (κ3) is 5.07. The lowest BCUT2D eigenvalue weighted by Gasteiger charge is -2.11. The van der Waals surface area contributed by atoms with E-state index in [1.54, 1.807) is 31.4 Å². The summed E-state index contributed by atoms with van der Waals surface area (Å²) in [6, 6.07) is 16.1. The van der Waals surface area contributed by atoms with Crippen LogP contribution in [0.5, 0.6) is 5.75 Å². The van der Waals surface area contributed by atoms with Crippen LogP contribution in [0.25, 0.3) is 10.2 Å². The lowest BCUT2D eigenvalue weighted by atomic mass is 10.3. The van der Waals surface area contributed by atoms with Gasteiger partial charge < -0.3 is 19.8 Å². The molecule has 1 unspecified atom stereocenters. The van der Waals surface area contributed by atoms with Crippen LogP contribution in [0.15, 0.2) is 70.2 Å². The second kappa shape index (κ2) is 9.23. The highest BCUT2D eigenvalue weighted by atomic mass is 32.2. The van der Waals surface area contributed by atoms with Gasteiger partial charge in [0.25, 0.3) is 5.91 Å². The zero-order valence-corrected chi connectivity index (χ0v) is 18.4. The van der Waals surface area contributed by atoms with Crippen molar-refractivity contribution in [2.24, 2.45) is 0 Å². The first-order valence-electron chi connectivity index (χ1n) is 9.39. The molecule has 2 amide bonds. The molecule has 0 spiro atoms. The van der Waals surface area contributed by atoms with E-state index in [1.807, 2.05) is 37.3 Å². The molecule has 2 heterocycles. The quantitative estimate of drug-likeness (QED) is 0.370. The van der Waals surface area contributed by atoms with E-state index < -0.39 is 0 Å². The number of thioether (sulfide) groups is 1. The molecule has 0 saturated carbocycles. The third-order valence-electron chi connectivity index (χ3n) is 4.36. The molecule has 1 atom stereocenters. The number of carbonyl (C=O) groups excluding carboxylic acids is 2. The molecule has 0 bridgehead atoms. The number of hydrogen-bond acceptors (Lipinski definition) is 7. The number of nitrogens with one attached hydrogen (secondary N) is 2. The molecule has 31 heavy (non-hydrogen) atoms. The Labute approximate surface area is 186 Å². The van der Waals surface area contributed by atoms with Crippen LogP contribution >= 0.6 is 23.1 Å². The lowest BCUT2D eigenvalue weighted by molar-refractivity contribution is -0.115. The van der Waals surface area contributed by atoms with E-state index in [-0.39, 0.29) is 22.8 Å². The lowest BCUT2D eigenvalue weighted by Crippen LogP contribution is -2.22. The zero-order chi connectivity index (χ0) is 21.8. The number of nitrogens with zero attached hydrogens (tertiary/aromatic N) is 1. The Morgan fingerprint density at radius 3 is 2.65 bits per heavy atom. The molecule has 4 rings (SSSR count). The maximum atomic E-state index is 12.6. The van der Waals surface area contributed by atoms with Crippen LogP contribution in [-0.4, -0.2) is 29.2 Å². The Morgan fingerprint density at radius 1 is 1.13 bits per heavy atom. The number of anilines is 2. The molecule has 0 aliphatic carbocycles. The van der Waals surface area contributed by atoms with E-state index in [0.29, 0.717) is 10.8 Å². The summed E-state index contributed by atoms with van der Waals surface area (Å²) in [6.45, 7) is 1.84. The van der Waals surface area contributed by atoms with Crippen molar-refractivity contribution in [2.75, 3.05) is 17.7 Å². The van der Waals surface area contributed by atoms with Gasteiger partial charge in [-0.3, -0.25) is 9.59 Å². The van der Waals surface area contributed by atoms with E-state index in [2.05, 4.69) is 15.6 Å². The average molecular weight is 454 g/mol. The SMILES string of the molecule is COc1ccc2nc(NC(=O)C(C)Sc3ccc(NC(=O)c4ccco4)cc3)sc2c1. The first-order chi connectivity index (χ1) is 15.0. The van der Waals surface area contributed by atoms with Gasteiger partial charge in [0, 0.05) is 10.6 Å². The standard InChI is InChI=1S/C22H19N3O4S2/c1-13(20(26)25-22-24-17-10-7-15(28-2)12-19(17)31-22)30-16-8-5-14(6-9-16)23-21(27)18-4-3-11-29-18/h3-13H,1-2H3,(H,23,27)(H,24,25,26). The van der Waals surface area contributed by atoms with Crippen molar-refractivity contribution in [1.82, 2.24) is 4.98 Å². The summed E-state index contributed by atoms with van der Waals surface area (Å²) in [5, 5.41) is 5.87. The summed E-state index contributed by atoms with van der Waals surface area (Å²) in [7, 11) is 1.61. The first kappa shape index (κ1) is 21.0. The number of rotatable bonds is 7. The van der Waals surface area contributed by atoms with Crippen LogP contribution in [0.4, 0.5) is 10.8 Å². The maximum absolute atomic E-state index is 12.6. The van der Waals surface area contributed by atoms with E-state index in [9.17, 15) is 9.59 Å². The monoisotopic (exact) mass is 453 g/mol. The van der Waals surface area contributed by atoms with Crippen LogP contribution in [0.3, 0.4) is 0 Å². The van der Waals surface area contributed by atoms with Crippen molar-refractivity contribution >= 4 is 55.9 Å². The number of benzene rings is 2. The Bertz CT molecular complexity index is 1200. The Balaban J connectivity index is 1.34. The number of fused-ring (bicyclic) bond motifs is 1. The predicted octanol–water partition coefficient (Wildman–Crippen LogP) is 5.27. The highest BCUT2D eigenvalue weighted by Crippen LogP contribution is 2.30. The second-order valence-corrected chi connectivity index (χ2v) is 9.00. The number of furan rings is 1. The van der Waals surface area contributed by atoms with Crippen molar-refractivity contribution in [3.63, 3.8) is 0 Å². The number of thiazole rings is 1. The van der Waals surface area contributed by atoms with E-state index in [0.717, 1.165) is 20.9 Å². The molecule has 7 nitrogen and oxygen atoms in total. The minimum Gasteiger partial charge on any atom is -0.497 e. The Hall–Kier alpha value is -3.30. The molecule has 158 valence electrons. The number of hydrogen-bond donors (Lipinski definition) is 2. The fourth-order valence-electron chi connectivity index (χ4n) is 2.77. The Kier molecular flexibility index (Phi) is 6.24. The van der Waals surface area contributed by atoms with Crippen molar-refractivity contribution in [1.29, 1.82) is 0 Å².